The van der Waals surface area contributed by atoms with E-state index in [9.17, 15) is 14.7 Å². The first-order valence-corrected chi connectivity index (χ1v) is 6.42. The minimum Gasteiger partial charge on any atom is -0.481 e. The summed E-state index contributed by atoms with van der Waals surface area (Å²) < 4.78 is 5.24. The van der Waals surface area contributed by atoms with Gasteiger partial charge in [0.05, 0.1) is 32.3 Å². The van der Waals surface area contributed by atoms with Gasteiger partial charge in [0.1, 0.15) is 0 Å². The van der Waals surface area contributed by atoms with Gasteiger partial charge in [-0.1, -0.05) is 18.2 Å². The Morgan fingerprint density at radius 1 is 1.35 bits per heavy atom. The van der Waals surface area contributed by atoms with Crippen LogP contribution in [0.3, 0.4) is 0 Å². The number of carboxylic acids is 1. The van der Waals surface area contributed by atoms with Crippen molar-refractivity contribution in [1.82, 2.24) is 4.90 Å². The normalized spacial score (nSPS) is 18.9. The van der Waals surface area contributed by atoms with Crippen LogP contribution < -0.4 is 0 Å². The number of aliphatic hydroxyl groups excluding tert-OH is 1. The molecule has 1 heterocycles. The highest BCUT2D eigenvalue weighted by molar-refractivity contribution is 5.97. The molecule has 1 fully saturated rings. The molecule has 1 saturated heterocycles. The van der Waals surface area contributed by atoms with E-state index in [2.05, 4.69) is 0 Å². The minimum absolute atomic E-state index is 0.174. The summed E-state index contributed by atoms with van der Waals surface area (Å²) in [5.74, 6) is -1.24. The molecule has 1 aliphatic heterocycles. The Morgan fingerprint density at radius 3 is 2.80 bits per heavy atom. The maximum Gasteiger partial charge on any atom is 0.307 e. The highest BCUT2D eigenvalue weighted by Gasteiger charge is 2.28. The zero-order chi connectivity index (χ0) is 14.5. The van der Waals surface area contributed by atoms with Crippen molar-refractivity contribution in [3.05, 3.63) is 35.4 Å². The highest BCUT2D eigenvalue weighted by atomic mass is 16.5. The number of carbonyl (C=O) groups is 2. The van der Waals surface area contributed by atoms with E-state index >= 15 is 0 Å². The zero-order valence-electron chi connectivity index (χ0n) is 11.0. The Hall–Kier alpha value is -1.92. The molecular formula is C14H17NO5. The molecule has 2 rings (SSSR count). The molecular weight excluding hydrogens is 262 g/mol. The fraction of sp³-hybridized carbons (Fsp3) is 0.429. The quantitative estimate of drug-likeness (QED) is 0.819. The van der Waals surface area contributed by atoms with Crippen LogP contribution >= 0.6 is 0 Å². The number of carboxylic acid groups (broad SMARTS) is 1. The smallest absolute Gasteiger partial charge is 0.307 e. The van der Waals surface area contributed by atoms with Gasteiger partial charge in [-0.3, -0.25) is 9.59 Å². The number of aliphatic hydroxyl groups is 1. The third-order valence-electron chi connectivity index (χ3n) is 3.29. The summed E-state index contributed by atoms with van der Waals surface area (Å²) in [5.41, 5.74) is 0.850. The third kappa shape index (κ3) is 3.15. The Bertz CT molecular complexity index is 502. The molecule has 1 amide bonds. The molecule has 6 heteroatoms. The predicted octanol–water partition coefficient (Wildman–Crippen LogP) is 0.147. The van der Waals surface area contributed by atoms with E-state index in [0.717, 1.165) is 0 Å². The van der Waals surface area contributed by atoms with Crippen LogP contribution in [-0.2, 0) is 16.0 Å². The number of hydrogen-bond donors (Lipinski definition) is 2. The fourth-order valence-electron chi connectivity index (χ4n) is 2.27. The van der Waals surface area contributed by atoms with Crippen LogP contribution in [0.4, 0.5) is 0 Å². The van der Waals surface area contributed by atoms with E-state index in [4.69, 9.17) is 9.84 Å². The predicted molar refractivity (Wildman–Crippen MR) is 70.5 cm³/mol. The molecule has 1 aromatic carbocycles. The second-order valence-corrected chi connectivity index (χ2v) is 4.64. The van der Waals surface area contributed by atoms with Crippen LogP contribution in [0.2, 0.25) is 0 Å². The molecule has 1 atom stereocenters. The first-order chi connectivity index (χ1) is 9.63. The van der Waals surface area contributed by atoms with Crippen molar-refractivity contribution in [3.63, 3.8) is 0 Å². The maximum absolute atomic E-state index is 12.5. The Labute approximate surface area is 116 Å². The lowest BCUT2D eigenvalue weighted by Crippen LogP contribution is -2.50. The van der Waals surface area contributed by atoms with Crippen LogP contribution in [0.25, 0.3) is 0 Å². The van der Waals surface area contributed by atoms with E-state index in [0.29, 0.717) is 30.9 Å². The number of hydrogen-bond acceptors (Lipinski definition) is 4. The van der Waals surface area contributed by atoms with Crippen LogP contribution in [0, 0.1) is 0 Å². The SMILES string of the molecule is O=C(O)Cc1ccccc1C(=O)N1CCOCC1CO. The van der Waals surface area contributed by atoms with Crippen molar-refractivity contribution in [2.75, 3.05) is 26.4 Å². The van der Waals surface area contributed by atoms with Crippen LogP contribution in [-0.4, -0.2) is 59.4 Å². The second kappa shape index (κ2) is 6.49. The van der Waals surface area contributed by atoms with Crippen molar-refractivity contribution in [1.29, 1.82) is 0 Å². The molecule has 20 heavy (non-hydrogen) atoms. The number of carbonyl (C=O) groups excluding carboxylic acids is 1. The number of rotatable bonds is 4. The molecule has 0 spiro atoms. The largest absolute Gasteiger partial charge is 0.481 e. The lowest BCUT2D eigenvalue weighted by atomic mass is 10.0. The number of morpholine rings is 1. The van der Waals surface area contributed by atoms with Gasteiger partial charge >= 0.3 is 5.97 Å². The van der Waals surface area contributed by atoms with Gasteiger partial charge in [-0.25, -0.2) is 0 Å². The number of nitrogens with zero attached hydrogens (tertiary/aromatic N) is 1. The van der Waals surface area contributed by atoms with Gasteiger partial charge in [0, 0.05) is 12.1 Å². The summed E-state index contributed by atoms with van der Waals surface area (Å²) >= 11 is 0. The van der Waals surface area contributed by atoms with E-state index < -0.39 is 5.97 Å². The van der Waals surface area contributed by atoms with Gasteiger partial charge in [0.2, 0.25) is 0 Å². The van der Waals surface area contributed by atoms with Gasteiger partial charge in [-0.15, -0.1) is 0 Å². The van der Waals surface area contributed by atoms with Crippen molar-refractivity contribution < 1.29 is 24.5 Å². The number of amides is 1. The van der Waals surface area contributed by atoms with Gasteiger partial charge in [0.15, 0.2) is 0 Å². The van der Waals surface area contributed by atoms with Crippen LogP contribution in [0.5, 0.6) is 0 Å². The standard InChI is InChI=1S/C14H17NO5/c16-8-11-9-20-6-5-15(11)14(19)12-4-2-1-3-10(12)7-13(17)18/h1-4,11,16H,5-9H2,(H,17,18). The van der Waals surface area contributed by atoms with Crippen LogP contribution in [0.15, 0.2) is 24.3 Å². The van der Waals surface area contributed by atoms with Crippen molar-refractivity contribution in [3.8, 4) is 0 Å². The third-order valence-corrected chi connectivity index (χ3v) is 3.29. The van der Waals surface area contributed by atoms with Gasteiger partial charge < -0.3 is 19.8 Å². The summed E-state index contributed by atoms with van der Waals surface area (Å²) in [7, 11) is 0. The number of ether oxygens (including phenoxy) is 1. The average molecular weight is 279 g/mol. The summed E-state index contributed by atoms with van der Waals surface area (Å²) in [4.78, 5) is 24.9. The summed E-state index contributed by atoms with van der Waals surface area (Å²) in [6.45, 7) is 0.935. The molecule has 0 saturated carbocycles. The average Bonchev–Trinajstić information content (AvgIpc) is 2.46. The van der Waals surface area contributed by atoms with Gasteiger partial charge in [-0.2, -0.15) is 0 Å². The van der Waals surface area contributed by atoms with Crippen molar-refractivity contribution in [2.24, 2.45) is 0 Å². The number of aliphatic carboxylic acids is 1. The molecule has 1 unspecified atom stereocenters. The zero-order valence-corrected chi connectivity index (χ0v) is 11.0. The first kappa shape index (κ1) is 14.5. The van der Waals surface area contributed by atoms with E-state index in [1.165, 1.54) is 0 Å². The Kier molecular flexibility index (Phi) is 4.70. The van der Waals surface area contributed by atoms with Crippen molar-refractivity contribution in [2.45, 2.75) is 12.5 Å². The van der Waals surface area contributed by atoms with Gasteiger partial charge in [0.25, 0.3) is 5.91 Å². The second-order valence-electron chi connectivity index (χ2n) is 4.64. The lowest BCUT2D eigenvalue weighted by Gasteiger charge is -2.34. The van der Waals surface area contributed by atoms with Crippen LogP contribution in [0.1, 0.15) is 15.9 Å². The maximum atomic E-state index is 12.5. The van der Waals surface area contributed by atoms with Crippen molar-refractivity contribution >= 4 is 11.9 Å². The molecule has 0 aliphatic carbocycles. The molecule has 0 aromatic heterocycles. The molecule has 1 aliphatic rings. The monoisotopic (exact) mass is 279 g/mol. The van der Waals surface area contributed by atoms with E-state index in [1.807, 2.05) is 0 Å². The summed E-state index contributed by atoms with van der Waals surface area (Å²) in [6.07, 6.45) is -0.198. The number of benzene rings is 1. The van der Waals surface area contributed by atoms with Gasteiger partial charge in [-0.05, 0) is 11.6 Å². The summed E-state index contributed by atoms with van der Waals surface area (Å²) in [5, 5.41) is 18.2. The molecule has 2 N–H and O–H groups in total. The Morgan fingerprint density at radius 2 is 2.10 bits per heavy atom. The highest BCUT2D eigenvalue weighted by Crippen LogP contribution is 2.16. The van der Waals surface area contributed by atoms with E-state index in [-0.39, 0.29) is 25.0 Å². The minimum atomic E-state index is -0.981. The molecule has 0 radical (unpaired) electrons. The first-order valence-electron chi connectivity index (χ1n) is 6.42. The topological polar surface area (TPSA) is 87.1 Å². The Balaban J connectivity index is 2.25. The molecule has 0 bridgehead atoms. The molecule has 6 nitrogen and oxygen atoms in total. The lowest BCUT2D eigenvalue weighted by molar-refractivity contribution is -0.136. The fourth-order valence-corrected chi connectivity index (χ4v) is 2.27. The van der Waals surface area contributed by atoms with E-state index in [1.54, 1.807) is 29.2 Å². The molecule has 1 aromatic rings. The summed E-state index contributed by atoms with van der Waals surface area (Å²) in [6, 6.07) is 6.28. The molecule has 108 valence electrons.